The van der Waals surface area contributed by atoms with Crippen LogP contribution in [0.15, 0.2) is 41.6 Å². The second-order valence-corrected chi connectivity index (χ2v) is 10.7. The lowest BCUT2D eigenvalue weighted by molar-refractivity contribution is -0.152. The molecule has 9 nitrogen and oxygen atoms in total. The summed E-state index contributed by atoms with van der Waals surface area (Å²) in [7, 11) is 1.39. The van der Waals surface area contributed by atoms with Crippen LogP contribution in [0.2, 0.25) is 0 Å². The number of alkyl halides is 3. The Bertz CT molecular complexity index is 970. The van der Waals surface area contributed by atoms with Crippen molar-refractivity contribution in [3.8, 4) is 0 Å². The van der Waals surface area contributed by atoms with Crippen LogP contribution in [0.4, 0.5) is 4.79 Å². The molecular formula is C20H20Cl3N3O6S. The van der Waals surface area contributed by atoms with Crippen molar-refractivity contribution in [2.24, 2.45) is 0 Å². The number of benzene rings is 1. The van der Waals surface area contributed by atoms with E-state index in [0.29, 0.717) is 5.57 Å². The molecular weight excluding hydrogens is 517 g/mol. The second-order valence-electron chi connectivity index (χ2n) is 7.09. The van der Waals surface area contributed by atoms with Crippen molar-refractivity contribution in [3.05, 3.63) is 47.2 Å². The van der Waals surface area contributed by atoms with Crippen molar-refractivity contribution >= 4 is 70.4 Å². The maximum atomic E-state index is 12.9. The van der Waals surface area contributed by atoms with Crippen molar-refractivity contribution in [2.45, 2.75) is 21.6 Å². The quantitative estimate of drug-likeness (QED) is 0.312. The zero-order valence-corrected chi connectivity index (χ0v) is 20.4. The highest BCUT2D eigenvalue weighted by atomic mass is 35.6. The molecule has 3 amide bonds. The minimum Gasteiger partial charge on any atom is -0.456 e. The Morgan fingerprint density at radius 2 is 1.88 bits per heavy atom. The summed E-state index contributed by atoms with van der Waals surface area (Å²) in [5.74, 6) is -1.45. The van der Waals surface area contributed by atoms with Gasteiger partial charge in [-0.3, -0.25) is 14.5 Å². The van der Waals surface area contributed by atoms with Gasteiger partial charge in [-0.1, -0.05) is 65.1 Å². The van der Waals surface area contributed by atoms with Crippen LogP contribution in [0.1, 0.15) is 5.56 Å². The predicted molar refractivity (Wildman–Crippen MR) is 124 cm³/mol. The number of halogens is 3. The first kappa shape index (κ1) is 25.5. The number of thioether (sulfide) groups is 1. The number of amides is 3. The molecule has 1 aromatic carbocycles. The molecule has 0 saturated carbocycles. The van der Waals surface area contributed by atoms with Gasteiger partial charge < -0.3 is 20.1 Å². The Hall–Kier alpha value is -2.14. The van der Waals surface area contributed by atoms with Crippen molar-refractivity contribution in [2.75, 3.05) is 26.0 Å². The predicted octanol–water partition coefficient (Wildman–Crippen LogP) is 2.15. The van der Waals surface area contributed by atoms with E-state index in [0.717, 1.165) is 5.56 Å². The van der Waals surface area contributed by atoms with Gasteiger partial charge in [-0.05, 0) is 5.56 Å². The molecule has 1 aromatic rings. The first-order valence-electron chi connectivity index (χ1n) is 9.69. The standard InChI is InChI=1S/C20H20Cl3N3O6S/c1-24-19(30)31-8-12-9-33-17-14(25-13(27)7-11-5-3-2-4-6-11)16(28)26(17)15(12)18(29)32-10-20(21,22)23/h2-6,14,17H,7-10H2,1H3,(H,24,30)(H,25,27)/t14?,17-/m0/s1. The van der Waals surface area contributed by atoms with Crippen molar-refractivity contribution in [1.29, 1.82) is 0 Å². The molecule has 33 heavy (non-hydrogen) atoms. The van der Waals surface area contributed by atoms with E-state index in [1.807, 2.05) is 30.3 Å². The van der Waals surface area contributed by atoms with Gasteiger partial charge in [-0.15, -0.1) is 11.8 Å². The molecule has 1 fully saturated rings. The fourth-order valence-corrected chi connectivity index (χ4v) is 4.72. The largest absolute Gasteiger partial charge is 0.456 e. The summed E-state index contributed by atoms with van der Waals surface area (Å²) < 4.78 is 8.27. The summed E-state index contributed by atoms with van der Waals surface area (Å²) in [5.41, 5.74) is 1.08. The third-order valence-corrected chi connectivity index (χ3v) is 6.38. The van der Waals surface area contributed by atoms with Crippen LogP contribution < -0.4 is 10.6 Å². The Labute approximate surface area is 209 Å². The Morgan fingerprint density at radius 1 is 1.18 bits per heavy atom. The molecule has 2 heterocycles. The van der Waals surface area contributed by atoms with E-state index in [4.69, 9.17) is 44.3 Å². The number of ether oxygens (including phenoxy) is 2. The average molecular weight is 537 g/mol. The van der Waals surface area contributed by atoms with E-state index < -0.39 is 39.8 Å². The van der Waals surface area contributed by atoms with Gasteiger partial charge in [-0.2, -0.15) is 0 Å². The smallest absolute Gasteiger partial charge is 0.407 e. The molecule has 1 saturated heterocycles. The van der Waals surface area contributed by atoms with Gasteiger partial charge >= 0.3 is 12.1 Å². The number of hydrogen-bond acceptors (Lipinski definition) is 7. The molecule has 0 aromatic heterocycles. The number of esters is 1. The van der Waals surface area contributed by atoms with Crippen LogP contribution in [0.3, 0.4) is 0 Å². The maximum Gasteiger partial charge on any atom is 0.407 e. The fraction of sp³-hybridized carbons (Fsp3) is 0.400. The molecule has 2 atom stereocenters. The van der Waals surface area contributed by atoms with Gasteiger partial charge in [-0.25, -0.2) is 9.59 Å². The summed E-state index contributed by atoms with van der Waals surface area (Å²) in [6.07, 6.45) is -0.592. The average Bonchev–Trinajstić information content (AvgIpc) is 2.78. The Morgan fingerprint density at radius 3 is 2.52 bits per heavy atom. The van der Waals surface area contributed by atoms with Gasteiger partial charge in [0.15, 0.2) is 0 Å². The molecule has 2 N–H and O–H groups in total. The SMILES string of the molecule is CNC(=O)OCC1=C(C(=O)OCC(Cl)(Cl)Cl)N2C(=O)C(NC(=O)Cc3ccccc3)[C@@H]2SC1. The molecule has 0 bridgehead atoms. The summed E-state index contributed by atoms with van der Waals surface area (Å²) in [5, 5.41) is 4.49. The number of alkyl carbamates (subject to hydrolysis) is 1. The van der Waals surface area contributed by atoms with E-state index in [1.54, 1.807) is 0 Å². The molecule has 3 rings (SSSR count). The monoisotopic (exact) mass is 535 g/mol. The minimum atomic E-state index is -1.84. The van der Waals surface area contributed by atoms with Crippen molar-refractivity contribution in [3.63, 3.8) is 0 Å². The second kappa shape index (κ2) is 10.9. The number of fused-ring (bicyclic) bond motifs is 1. The lowest BCUT2D eigenvalue weighted by Crippen LogP contribution is -2.70. The van der Waals surface area contributed by atoms with Gasteiger partial charge in [0.25, 0.3) is 5.91 Å². The van der Waals surface area contributed by atoms with Crippen LogP contribution in [-0.4, -0.2) is 70.0 Å². The fourth-order valence-electron chi connectivity index (χ4n) is 3.23. The summed E-state index contributed by atoms with van der Waals surface area (Å²) in [6.45, 7) is -0.785. The molecule has 2 aliphatic rings. The number of β-lactam (4-membered cyclic amide) rings is 1. The molecule has 178 valence electrons. The summed E-state index contributed by atoms with van der Waals surface area (Å²) in [6, 6.07) is 8.28. The maximum absolute atomic E-state index is 12.9. The third kappa shape index (κ3) is 6.47. The van der Waals surface area contributed by atoms with Crippen LogP contribution in [0.5, 0.6) is 0 Å². The lowest BCUT2D eigenvalue weighted by atomic mass is 10.0. The molecule has 2 aliphatic heterocycles. The van der Waals surface area contributed by atoms with Crippen LogP contribution in [-0.2, 0) is 30.3 Å². The van der Waals surface area contributed by atoms with E-state index in [2.05, 4.69) is 10.6 Å². The van der Waals surface area contributed by atoms with E-state index in [9.17, 15) is 19.2 Å². The summed E-state index contributed by atoms with van der Waals surface area (Å²) in [4.78, 5) is 50.8. The van der Waals surface area contributed by atoms with Gasteiger partial charge in [0.1, 0.15) is 30.3 Å². The minimum absolute atomic E-state index is 0.0875. The number of nitrogens with one attached hydrogen (secondary N) is 2. The third-order valence-electron chi connectivity index (χ3n) is 4.71. The molecule has 0 spiro atoms. The van der Waals surface area contributed by atoms with Crippen LogP contribution >= 0.6 is 46.6 Å². The number of carbonyl (C=O) groups excluding carboxylic acids is 4. The van der Waals surface area contributed by atoms with E-state index in [-0.39, 0.29) is 30.4 Å². The summed E-state index contributed by atoms with van der Waals surface area (Å²) >= 11 is 18.3. The number of nitrogens with zero attached hydrogens (tertiary/aromatic N) is 1. The highest BCUT2D eigenvalue weighted by molar-refractivity contribution is 8.00. The normalized spacial score (nSPS) is 19.9. The lowest BCUT2D eigenvalue weighted by Gasteiger charge is -2.49. The van der Waals surface area contributed by atoms with Gasteiger partial charge in [0.2, 0.25) is 9.70 Å². The molecule has 0 radical (unpaired) electrons. The number of rotatable bonds is 7. The topological polar surface area (TPSA) is 114 Å². The van der Waals surface area contributed by atoms with E-state index in [1.165, 1.54) is 23.7 Å². The highest BCUT2D eigenvalue weighted by Gasteiger charge is 2.54. The Kier molecular flexibility index (Phi) is 8.38. The zero-order valence-electron chi connectivity index (χ0n) is 17.3. The molecule has 1 unspecified atom stereocenters. The van der Waals surface area contributed by atoms with Crippen molar-refractivity contribution in [1.82, 2.24) is 15.5 Å². The van der Waals surface area contributed by atoms with E-state index >= 15 is 0 Å². The van der Waals surface area contributed by atoms with Crippen LogP contribution in [0.25, 0.3) is 0 Å². The molecule has 0 aliphatic carbocycles. The van der Waals surface area contributed by atoms with Gasteiger partial charge in [0.05, 0.1) is 6.42 Å². The molecule has 13 heteroatoms. The number of carbonyl (C=O) groups is 4. The van der Waals surface area contributed by atoms with Gasteiger partial charge in [0, 0.05) is 18.4 Å². The van der Waals surface area contributed by atoms with Crippen molar-refractivity contribution < 1.29 is 28.7 Å². The first-order chi connectivity index (χ1) is 15.6. The highest BCUT2D eigenvalue weighted by Crippen LogP contribution is 2.41. The van der Waals surface area contributed by atoms with Crippen LogP contribution in [0, 0.1) is 0 Å². The zero-order chi connectivity index (χ0) is 24.2. The first-order valence-corrected chi connectivity index (χ1v) is 11.9. The Balaban J connectivity index is 1.74. The number of hydrogen-bond donors (Lipinski definition) is 2.